The normalized spacial score (nSPS) is 14.4. The molecule has 0 aromatic heterocycles. The molecule has 0 saturated carbocycles. The molecule has 3 nitrogen and oxygen atoms in total. The Labute approximate surface area is 228 Å². The van der Waals surface area contributed by atoms with Crippen molar-refractivity contribution in [1.82, 2.24) is 9.80 Å². The molecular weight excluding hydrogens is 464 g/mol. The van der Waals surface area contributed by atoms with Gasteiger partial charge in [0.2, 0.25) is 5.91 Å². The summed E-state index contributed by atoms with van der Waals surface area (Å²) in [6.07, 6.45) is 0. The standard InChI is InChI=1S/C35H40N2O/c1-27(25-36(26-31-17-9-5-10-18-31)28(2)32-19-11-6-12-20-32)35(38)37(29(3)33-21-13-7-14-22-33)30(4)34-23-15-8-16-24-34/h5-24,27-30H,25-26H2,1-4H3/t27-,28+,29+,30+/m0/s1. The van der Waals surface area contributed by atoms with E-state index in [1.165, 1.54) is 11.1 Å². The molecule has 196 valence electrons. The lowest BCUT2D eigenvalue weighted by Crippen LogP contribution is -2.43. The SMILES string of the molecule is C[C@H](c1ccccc1)N(Cc1ccccc1)C[C@H](C)C(=O)N([C@H](C)c1ccccc1)[C@H](C)c1ccccc1. The van der Waals surface area contributed by atoms with E-state index >= 15 is 0 Å². The second-order valence-electron chi connectivity index (χ2n) is 10.3. The number of amides is 1. The lowest BCUT2D eigenvalue weighted by atomic mass is 9.97. The van der Waals surface area contributed by atoms with E-state index in [1.54, 1.807) is 0 Å². The molecule has 0 heterocycles. The van der Waals surface area contributed by atoms with Crippen LogP contribution >= 0.6 is 0 Å². The molecule has 1 amide bonds. The van der Waals surface area contributed by atoms with Crippen LogP contribution in [0.3, 0.4) is 0 Å². The van der Waals surface area contributed by atoms with Gasteiger partial charge in [0.05, 0.1) is 12.1 Å². The van der Waals surface area contributed by atoms with Crippen LogP contribution in [0.1, 0.15) is 68.1 Å². The van der Waals surface area contributed by atoms with Gasteiger partial charge < -0.3 is 4.90 Å². The van der Waals surface area contributed by atoms with Gasteiger partial charge in [-0.15, -0.1) is 0 Å². The summed E-state index contributed by atoms with van der Waals surface area (Å²) in [7, 11) is 0. The molecule has 0 unspecified atom stereocenters. The Morgan fingerprint density at radius 2 is 0.921 bits per heavy atom. The van der Waals surface area contributed by atoms with Gasteiger partial charge in [0, 0.05) is 25.0 Å². The summed E-state index contributed by atoms with van der Waals surface area (Å²) in [5, 5.41) is 0. The van der Waals surface area contributed by atoms with Crippen molar-refractivity contribution in [1.29, 1.82) is 0 Å². The van der Waals surface area contributed by atoms with Crippen LogP contribution in [0.5, 0.6) is 0 Å². The zero-order chi connectivity index (χ0) is 26.9. The lowest BCUT2D eigenvalue weighted by Gasteiger charge is -2.39. The third-order valence-corrected chi connectivity index (χ3v) is 7.64. The van der Waals surface area contributed by atoms with E-state index in [0.29, 0.717) is 6.54 Å². The Balaban J connectivity index is 1.62. The number of hydrogen-bond donors (Lipinski definition) is 0. The fourth-order valence-electron chi connectivity index (χ4n) is 5.31. The Bertz CT molecular complexity index is 1200. The maximum atomic E-state index is 14.3. The van der Waals surface area contributed by atoms with E-state index in [2.05, 4.69) is 122 Å². The van der Waals surface area contributed by atoms with Crippen LogP contribution < -0.4 is 0 Å². The minimum absolute atomic E-state index is 0.0459. The zero-order valence-corrected chi connectivity index (χ0v) is 23.1. The summed E-state index contributed by atoms with van der Waals surface area (Å²) < 4.78 is 0. The molecular formula is C35H40N2O. The van der Waals surface area contributed by atoms with Gasteiger partial charge in [0.15, 0.2) is 0 Å². The molecule has 0 aliphatic carbocycles. The van der Waals surface area contributed by atoms with Gasteiger partial charge in [0.25, 0.3) is 0 Å². The van der Waals surface area contributed by atoms with E-state index in [1.807, 2.05) is 36.4 Å². The Morgan fingerprint density at radius 1 is 0.553 bits per heavy atom. The summed E-state index contributed by atoms with van der Waals surface area (Å²) in [5.41, 5.74) is 4.81. The number of nitrogens with zero attached hydrogens (tertiary/aromatic N) is 2. The molecule has 38 heavy (non-hydrogen) atoms. The van der Waals surface area contributed by atoms with Crippen molar-refractivity contribution in [3.05, 3.63) is 144 Å². The quantitative estimate of drug-likeness (QED) is 0.205. The van der Waals surface area contributed by atoms with Crippen LogP contribution in [0.15, 0.2) is 121 Å². The average Bonchev–Trinajstić information content (AvgIpc) is 2.98. The minimum atomic E-state index is -0.179. The summed E-state index contributed by atoms with van der Waals surface area (Å²) in [5.74, 6) is -0.00164. The summed E-state index contributed by atoms with van der Waals surface area (Å²) >= 11 is 0. The number of carbonyl (C=O) groups excluding carboxylic acids is 1. The van der Waals surface area contributed by atoms with Crippen molar-refractivity contribution in [2.24, 2.45) is 5.92 Å². The smallest absolute Gasteiger partial charge is 0.227 e. The number of carbonyl (C=O) groups is 1. The van der Waals surface area contributed by atoms with Crippen molar-refractivity contribution in [2.45, 2.75) is 52.4 Å². The van der Waals surface area contributed by atoms with Crippen molar-refractivity contribution in [2.75, 3.05) is 6.54 Å². The van der Waals surface area contributed by atoms with Gasteiger partial charge in [-0.3, -0.25) is 9.69 Å². The second kappa shape index (κ2) is 13.2. The van der Waals surface area contributed by atoms with Gasteiger partial charge in [-0.2, -0.15) is 0 Å². The van der Waals surface area contributed by atoms with Crippen molar-refractivity contribution in [3.8, 4) is 0 Å². The first kappa shape index (κ1) is 27.3. The molecule has 0 fully saturated rings. The fourth-order valence-corrected chi connectivity index (χ4v) is 5.31. The van der Waals surface area contributed by atoms with Gasteiger partial charge in [0.1, 0.15) is 0 Å². The van der Waals surface area contributed by atoms with E-state index in [4.69, 9.17) is 0 Å². The van der Waals surface area contributed by atoms with Crippen molar-refractivity contribution >= 4 is 5.91 Å². The molecule has 4 aromatic carbocycles. The van der Waals surface area contributed by atoms with Gasteiger partial charge in [-0.25, -0.2) is 0 Å². The Hall–Kier alpha value is -3.69. The van der Waals surface area contributed by atoms with E-state index < -0.39 is 0 Å². The summed E-state index contributed by atoms with van der Waals surface area (Å²) in [4.78, 5) is 18.8. The predicted molar refractivity (Wildman–Crippen MR) is 157 cm³/mol. The van der Waals surface area contributed by atoms with Crippen LogP contribution in [0.25, 0.3) is 0 Å². The molecule has 0 spiro atoms. The minimum Gasteiger partial charge on any atom is -0.329 e. The zero-order valence-electron chi connectivity index (χ0n) is 23.1. The first-order chi connectivity index (χ1) is 18.5. The molecule has 0 saturated heterocycles. The molecule has 0 aliphatic rings. The second-order valence-corrected chi connectivity index (χ2v) is 10.3. The van der Waals surface area contributed by atoms with Crippen molar-refractivity contribution < 1.29 is 4.79 Å². The molecule has 0 radical (unpaired) electrons. The molecule has 4 atom stereocenters. The monoisotopic (exact) mass is 504 g/mol. The Morgan fingerprint density at radius 3 is 1.34 bits per heavy atom. The highest BCUT2D eigenvalue weighted by Crippen LogP contribution is 2.33. The maximum Gasteiger partial charge on any atom is 0.227 e. The van der Waals surface area contributed by atoms with Crippen LogP contribution in [0, 0.1) is 5.92 Å². The summed E-state index contributed by atoms with van der Waals surface area (Å²) in [6.45, 7) is 10.1. The first-order valence-corrected chi connectivity index (χ1v) is 13.7. The van der Waals surface area contributed by atoms with E-state index in [9.17, 15) is 4.79 Å². The highest BCUT2D eigenvalue weighted by atomic mass is 16.2. The average molecular weight is 505 g/mol. The number of rotatable bonds is 11. The molecule has 0 N–H and O–H groups in total. The number of hydrogen-bond acceptors (Lipinski definition) is 2. The topological polar surface area (TPSA) is 23.6 Å². The van der Waals surface area contributed by atoms with Gasteiger partial charge in [-0.05, 0) is 43.0 Å². The van der Waals surface area contributed by atoms with Gasteiger partial charge >= 0.3 is 0 Å². The predicted octanol–water partition coefficient (Wildman–Crippen LogP) is 8.24. The van der Waals surface area contributed by atoms with Crippen molar-refractivity contribution in [3.63, 3.8) is 0 Å². The largest absolute Gasteiger partial charge is 0.329 e. The fraction of sp³-hybridized carbons (Fsp3) is 0.286. The van der Waals surface area contributed by atoms with Crippen LogP contribution in [0.2, 0.25) is 0 Å². The van der Waals surface area contributed by atoms with Crippen LogP contribution in [-0.4, -0.2) is 22.3 Å². The molecule has 3 heteroatoms. The maximum absolute atomic E-state index is 14.3. The highest BCUT2D eigenvalue weighted by Gasteiger charge is 2.32. The molecule has 0 bridgehead atoms. The van der Waals surface area contributed by atoms with E-state index in [-0.39, 0.29) is 30.0 Å². The molecule has 4 rings (SSSR count). The summed E-state index contributed by atoms with van der Waals surface area (Å²) in [6, 6.07) is 41.9. The molecule has 4 aromatic rings. The highest BCUT2D eigenvalue weighted by molar-refractivity contribution is 5.79. The lowest BCUT2D eigenvalue weighted by molar-refractivity contribution is -0.140. The van der Waals surface area contributed by atoms with Crippen LogP contribution in [-0.2, 0) is 11.3 Å². The third kappa shape index (κ3) is 6.79. The van der Waals surface area contributed by atoms with E-state index in [0.717, 1.165) is 17.7 Å². The number of benzene rings is 4. The van der Waals surface area contributed by atoms with Gasteiger partial charge in [-0.1, -0.05) is 128 Å². The van der Waals surface area contributed by atoms with Crippen LogP contribution in [0.4, 0.5) is 0 Å². The Kier molecular flexibility index (Phi) is 9.51. The third-order valence-electron chi connectivity index (χ3n) is 7.64. The first-order valence-electron chi connectivity index (χ1n) is 13.7. The molecule has 0 aliphatic heterocycles.